The van der Waals surface area contributed by atoms with Crippen LogP contribution in [0.25, 0.3) is 0 Å². The molecular weight excluding hydrogens is 258 g/mol. The number of hydrogen-bond donors (Lipinski definition) is 1. The van der Waals surface area contributed by atoms with Crippen molar-refractivity contribution in [3.8, 4) is 0 Å². The maximum absolute atomic E-state index is 11.7. The number of piperidine rings is 1. The highest BCUT2D eigenvalue weighted by Gasteiger charge is 2.22. The molecule has 1 fully saturated rings. The third-order valence-electron chi connectivity index (χ3n) is 3.15. The maximum atomic E-state index is 11.7. The van der Waals surface area contributed by atoms with Gasteiger partial charge in [-0.15, -0.1) is 0 Å². The van der Waals surface area contributed by atoms with E-state index in [0.717, 1.165) is 31.5 Å². The topological polar surface area (TPSA) is 46.2 Å². The quantitative estimate of drug-likeness (QED) is 0.899. The monoisotopic (exact) mass is 273 g/mol. The Morgan fingerprint density at radius 2 is 1.94 bits per heavy atom. The zero-order chi connectivity index (χ0) is 12.5. The average Bonchev–Trinajstić information content (AvgIpc) is 2.28. The zero-order valence-corrected chi connectivity index (χ0v) is 11.3. The highest BCUT2D eigenvalue weighted by Crippen LogP contribution is 2.32. The van der Waals surface area contributed by atoms with Crippen molar-refractivity contribution < 1.29 is 8.42 Å². The first-order chi connectivity index (χ1) is 7.98. The first-order valence-corrected chi connectivity index (χ1v) is 7.95. The summed E-state index contributed by atoms with van der Waals surface area (Å²) in [6, 6.07) is 5.06. The smallest absolute Gasteiger partial charge is 0.175 e. The molecule has 1 aromatic carbocycles. The number of benzene rings is 1. The minimum Gasteiger partial charge on any atom is -0.317 e. The van der Waals surface area contributed by atoms with Crippen LogP contribution < -0.4 is 5.32 Å². The fourth-order valence-corrected chi connectivity index (χ4v) is 3.46. The van der Waals surface area contributed by atoms with E-state index in [1.165, 1.54) is 6.26 Å². The van der Waals surface area contributed by atoms with E-state index < -0.39 is 9.84 Å². The molecule has 0 radical (unpaired) electrons. The Kier molecular flexibility index (Phi) is 3.76. The maximum Gasteiger partial charge on any atom is 0.175 e. The molecule has 0 aromatic heterocycles. The third-order valence-corrected chi connectivity index (χ3v) is 4.56. The van der Waals surface area contributed by atoms with Gasteiger partial charge in [-0.1, -0.05) is 11.6 Å². The lowest BCUT2D eigenvalue weighted by Gasteiger charge is -2.24. The Bertz CT molecular complexity index is 507. The Morgan fingerprint density at radius 1 is 1.29 bits per heavy atom. The molecule has 5 heteroatoms. The molecular formula is C12H16ClNO2S. The predicted octanol–water partition coefficient (Wildman–Crippen LogP) is 2.21. The minimum atomic E-state index is -3.18. The van der Waals surface area contributed by atoms with E-state index in [9.17, 15) is 8.42 Å². The molecule has 0 spiro atoms. The van der Waals surface area contributed by atoms with Crippen LogP contribution in [0.15, 0.2) is 23.1 Å². The van der Waals surface area contributed by atoms with Crippen LogP contribution in [0, 0.1) is 0 Å². The van der Waals surface area contributed by atoms with E-state index in [0.29, 0.717) is 15.8 Å². The van der Waals surface area contributed by atoms with Crippen molar-refractivity contribution in [1.82, 2.24) is 5.32 Å². The van der Waals surface area contributed by atoms with Gasteiger partial charge in [0.2, 0.25) is 0 Å². The zero-order valence-electron chi connectivity index (χ0n) is 9.74. The molecule has 94 valence electrons. The Hall–Kier alpha value is -0.580. The minimum absolute atomic E-state index is 0.291. The van der Waals surface area contributed by atoms with E-state index in [1.807, 2.05) is 0 Å². The summed E-state index contributed by atoms with van der Waals surface area (Å²) >= 11 is 5.98. The summed E-state index contributed by atoms with van der Waals surface area (Å²) in [6.45, 7) is 1.86. The number of nitrogens with one attached hydrogen (secondary N) is 1. The lowest BCUT2D eigenvalue weighted by atomic mass is 9.90. The average molecular weight is 274 g/mol. The van der Waals surface area contributed by atoms with Crippen molar-refractivity contribution >= 4 is 21.4 Å². The van der Waals surface area contributed by atoms with Crippen molar-refractivity contribution in [2.45, 2.75) is 23.7 Å². The second-order valence-electron chi connectivity index (χ2n) is 4.48. The molecule has 0 aliphatic carbocycles. The second-order valence-corrected chi connectivity index (χ2v) is 6.90. The Morgan fingerprint density at radius 3 is 2.53 bits per heavy atom. The van der Waals surface area contributed by atoms with Crippen molar-refractivity contribution in [3.05, 3.63) is 28.8 Å². The Labute approximate surface area is 107 Å². The highest BCUT2D eigenvalue weighted by atomic mass is 35.5. The van der Waals surface area contributed by atoms with Gasteiger partial charge in [0.15, 0.2) is 9.84 Å². The van der Waals surface area contributed by atoms with Crippen molar-refractivity contribution in [1.29, 1.82) is 0 Å². The molecule has 17 heavy (non-hydrogen) atoms. The molecule has 0 atom stereocenters. The van der Waals surface area contributed by atoms with Gasteiger partial charge in [-0.05, 0) is 55.6 Å². The fraction of sp³-hybridized carbons (Fsp3) is 0.500. The van der Waals surface area contributed by atoms with Crippen molar-refractivity contribution in [3.63, 3.8) is 0 Å². The second kappa shape index (κ2) is 4.96. The van der Waals surface area contributed by atoms with E-state index in [1.54, 1.807) is 18.2 Å². The van der Waals surface area contributed by atoms with Gasteiger partial charge < -0.3 is 5.32 Å². The van der Waals surface area contributed by atoms with Gasteiger partial charge in [-0.2, -0.15) is 0 Å². The highest BCUT2D eigenvalue weighted by molar-refractivity contribution is 7.90. The van der Waals surface area contributed by atoms with Gasteiger partial charge in [0, 0.05) is 11.3 Å². The lowest BCUT2D eigenvalue weighted by molar-refractivity contribution is 0.455. The molecule has 0 saturated carbocycles. The van der Waals surface area contributed by atoms with Crippen LogP contribution in [0.1, 0.15) is 24.3 Å². The Balaban J connectivity index is 2.46. The van der Waals surface area contributed by atoms with Crippen LogP contribution in [0.2, 0.25) is 5.02 Å². The first-order valence-electron chi connectivity index (χ1n) is 5.69. The largest absolute Gasteiger partial charge is 0.317 e. The predicted molar refractivity (Wildman–Crippen MR) is 69.4 cm³/mol. The van der Waals surface area contributed by atoms with Crippen LogP contribution in [0.5, 0.6) is 0 Å². The molecule has 2 rings (SSSR count). The molecule has 3 nitrogen and oxygen atoms in total. The van der Waals surface area contributed by atoms with Crippen LogP contribution in [-0.4, -0.2) is 27.8 Å². The summed E-state index contributed by atoms with van der Waals surface area (Å²) in [5.41, 5.74) is 0.876. The van der Waals surface area contributed by atoms with Gasteiger partial charge in [0.05, 0.1) is 4.90 Å². The summed E-state index contributed by atoms with van der Waals surface area (Å²) in [5, 5.41) is 3.88. The van der Waals surface area contributed by atoms with E-state index in [4.69, 9.17) is 11.6 Å². The van der Waals surface area contributed by atoms with Gasteiger partial charge >= 0.3 is 0 Å². The van der Waals surface area contributed by atoms with Crippen LogP contribution >= 0.6 is 11.6 Å². The fourth-order valence-electron chi connectivity index (χ4n) is 2.31. The molecule has 0 amide bonds. The summed E-state index contributed by atoms with van der Waals surface area (Å²) in [4.78, 5) is 0.425. The molecule has 1 heterocycles. The summed E-state index contributed by atoms with van der Waals surface area (Å²) in [5.74, 6) is 0.291. The first kappa shape index (κ1) is 12.9. The molecule has 1 aromatic rings. The molecule has 1 saturated heterocycles. The van der Waals surface area contributed by atoms with Gasteiger partial charge in [0.25, 0.3) is 0 Å². The van der Waals surface area contributed by atoms with E-state index in [-0.39, 0.29) is 0 Å². The van der Waals surface area contributed by atoms with E-state index >= 15 is 0 Å². The standard InChI is InChI=1S/C12H16ClNO2S/c1-17(15,16)12-3-2-10(13)8-11(12)9-4-6-14-7-5-9/h2-3,8-9,14H,4-7H2,1H3. The van der Waals surface area contributed by atoms with Crippen LogP contribution in [-0.2, 0) is 9.84 Å². The summed E-state index contributed by atoms with van der Waals surface area (Å²) < 4.78 is 23.5. The molecule has 1 aliphatic rings. The van der Waals surface area contributed by atoms with E-state index in [2.05, 4.69) is 5.32 Å². The molecule has 0 unspecified atom stereocenters. The molecule has 1 N–H and O–H groups in total. The van der Waals surface area contributed by atoms with Gasteiger partial charge in [0.1, 0.15) is 0 Å². The normalized spacial score (nSPS) is 18.2. The number of hydrogen-bond acceptors (Lipinski definition) is 3. The summed E-state index contributed by atoms with van der Waals surface area (Å²) in [7, 11) is -3.18. The van der Waals surface area contributed by atoms with Gasteiger partial charge in [-0.3, -0.25) is 0 Å². The van der Waals surface area contributed by atoms with Crippen molar-refractivity contribution in [2.24, 2.45) is 0 Å². The van der Waals surface area contributed by atoms with Crippen LogP contribution in [0.4, 0.5) is 0 Å². The summed E-state index contributed by atoms with van der Waals surface area (Å²) in [6.07, 6.45) is 3.17. The van der Waals surface area contributed by atoms with Crippen molar-refractivity contribution in [2.75, 3.05) is 19.3 Å². The SMILES string of the molecule is CS(=O)(=O)c1ccc(Cl)cc1C1CCNCC1. The number of sulfone groups is 1. The number of halogens is 1. The third kappa shape index (κ3) is 3.00. The van der Waals surface area contributed by atoms with Gasteiger partial charge in [-0.25, -0.2) is 8.42 Å². The molecule has 1 aliphatic heterocycles. The number of rotatable bonds is 2. The lowest BCUT2D eigenvalue weighted by Crippen LogP contribution is -2.27. The van der Waals surface area contributed by atoms with Crippen LogP contribution in [0.3, 0.4) is 0 Å². The molecule has 0 bridgehead atoms.